The zero-order chi connectivity index (χ0) is 21.6. The zero-order valence-corrected chi connectivity index (χ0v) is 17.0. The highest BCUT2D eigenvalue weighted by Crippen LogP contribution is 2.41. The third kappa shape index (κ3) is 4.61. The normalized spacial score (nSPS) is 22.5. The van der Waals surface area contributed by atoms with E-state index in [1.54, 1.807) is 25.7 Å². The summed E-state index contributed by atoms with van der Waals surface area (Å²) in [5.41, 5.74) is -5.09. The predicted molar refractivity (Wildman–Crippen MR) is 95.5 cm³/mol. The summed E-state index contributed by atoms with van der Waals surface area (Å²) in [5.74, 6) is -0.470. The van der Waals surface area contributed by atoms with Gasteiger partial charge < -0.3 is 13.7 Å². The summed E-state index contributed by atoms with van der Waals surface area (Å²) < 4.78 is 75.6. The Bertz CT molecular complexity index is 894. The monoisotopic (exact) mass is 437 g/mol. The average Bonchev–Trinajstić information content (AvgIpc) is 2.58. The van der Waals surface area contributed by atoms with Crippen molar-refractivity contribution >= 4 is 16.2 Å². The largest absolute Gasteiger partial charge is 0.534 e. The standard InChI is InChI=1S/C18H22F3NO6S/c1-17(2,3)27-16(23)22-8-4-5-14-15(22)13-7-6-12(9-11(13)10-26-14)28-29(24,25)18(19,20)21/h6-7,9,14-15H,4-5,8,10H2,1-3H3/t14-,15-/m0/s1. The number of carbonyl (C=O) groups excluding carboxylic acids is 1. The molecule has 1 amide bonds. The lowest BCUT2D eigenvalue weighted by atomic mass is 9.87. The van der Waals surface area contributed by atoms with Crippen molar-refractivity contribution in [2.24, 2.45) is 0 Å². The summed E-state index contributed by atoms with van der Waals surface area (Å²) >= 11 is 0. The van der Waals surface area contributed by atoms with Crippen LogP contribution < -0.4 is 4.18 Å². The summed E-state index contributed by atoms with van der Waals surface area (Å²) in [7, 11) is -5.77. The van der Waals surface area contributed by atoms with Gasteiger partial charge in [-0.1, -0.05) is 6.07 Å². The molecule has 11 heteroatoms. The van der Waals surface area contributed by atoms with E-state index in [0.717, 1.165) is 12.5 Å². The van der Waals surface area contributed by atoms with E-state index in [-0.39, 0.29) is 12.7 Å². The molecule has 2 atom stereocenters. The number of likely N-dealkylation sites (tertiary alicyclic amines) is 1. The molecule has 0 spiro atoms. The van der Waals surface area contributed by atoms with Gasteiger partial charge in [0.15, 0.2) is 0 Å². The second-order valence-electron chi connectivity index (χ2n) is 7.95. The average molecular weight is 437 g/mol. The second kappa shape index (κ2) is 7.35. The van der Waals surface area contributed by atoms with Gasteiger partial charge in [-0.25, -0.2) is 4.79 Å². The number of ether oxygens (including phenoxy) is 2. The maximum absolute atomic E-state index is 12.7. The topological polar surface area (TPSA) is 82.1 Å². The van der Waals surface area contributed by atoms with Gasteiger partial charge in [-0.2, -0.15) is 21.6 Å². The molecule has 7 nitrogen and oxygen atoms in total. The van der Waals surface area contributed by atoms with Gasteiger partial charge in [-0.05, 0) is 56.9 Å². The number of rotatable bonds is 2. The lowest BCUT2D eigenvalue weighted by molar-refractivity contribution is -0.0712. The minimum atomic E-state index is -5.77. The van der Waals surface area contributed by atoms with Gasteiger partial charge >= 0.3 is 21.7 Å². The molecular weight excluding hydrogens is 415 g/mol. The first-order valence-electron chi connectivity index (χ1n) is 9.03. The maximum Gasteiger partial charge on any atom is 0.534 e. The van der Waals surface area contributed by atoms with Gasteiger partial charge in [0.2, 0.25) is 0 Å². The molecule has 0 saturated carbocycles. The number of alkyl halides is 3. The Labute approximate surface area is 166 Å². The number of nitrogens with zero attached hydrogens (tertiary/aromatic N) is 1. The number of piperidine rings is 1. The second-order valence-corrected chi connectivity index (χ2v) is 9.49. The van der Waals surface area contributed by atoms with E-state index >= 15 is 0 Å². The van der Waals surface area contributed by atoms with Crippen molar-refractivity contribution in [3.63, 3.8) is 0 Å². The molecule has 0 aromatic heterocycles. The minimum Gasteiger partial charge on any atom is -0.444 e. The molecule has 3 rings (SSSR count). The molecule has 1 aromatic carbocycles. The summed E-state index contributed by atoms with van der Waals surface area (Å²) in [6.07, 6.45) is 0.642. The van der Waals surface area contributed by atoms with Crippen molar-refractivity contribution in [3.8, 4) is 5.75 Å². The van der Waals surface area contributed by atoms with Crippen LogP contribution in [0.3, 0.4) is 0 Å². The number of carbonyl (C=O) groups is 1. The van der Waals surface area contributed by atoms with E-state index in [1.807, 2.05) is 0 Å². The third-order valence-electron chi connectivity index (χ3n) is 4.58. The van der Waals surface area contributed by atoms with Gasteiger partial charge in [0.05, 0.1) is 18.8 Å². The highest BCUT2D eigenvalue weighted by Gasteiger charge is 2.49. The third-order valence-corrected chi connectivity index (χ3v) is 5.56. The maximum atomic E-state index is 12.7. The van der Waals surface area contributed by atoms with Crippen LogP contribution in [0.2, 0.25) is 0 Å². The fourth-order valence-corrected chi connectivity index (χ4v) is 3.90. The van der Waals surface area contributed by atoms with Crippen LogP contribution in [-0.2, 0) is 26.2 Å². The molecule has 1 aromatic rings. The Kier molecular flexibility index (Phi) is 5.50. The van der Waals surface area contributed by atoms with Crippen LogP contribution in [-0.4, -0.2) is 43.2 Å². The van der Waals surface area contributed by atoms with E-state index in [0.29, 0.717) is 24.1 Å². The van der Waals surface area contributed by atoms with Gasteiger partial charge in [0.25, 0.3) is 0 Å². The fourth-order valence-electron chi connectivity index (χ4n) is 3.45. The molecular formula is C18H22F3NO6S. The van der Waals surface area contributed by atoms with Gasteiger partial charge in [-0.3, -0.25) is 4.90 Å². The summed E-state index contributed by atoms with van der Waals surface area (Å²) in [4.78, 5) is 14.2. The highest BCUT2D eigenvalue weighted by molar-refractivity contribution is 7.88. The van der Waals surface area contributed by atoms with Crippen LogP contribution >= 0.6 is 0 Å². The smallest absolute Gasteiger partial charge is 0.444 e. The van der Waals surface area contributed by atoms with Crippen molar-refractivity contribution in [2.75, 3.05) is 6.54 Å². The van der Waals surface area contributed by atoms with Crippen LogP contribution in [0.5, 0.6) is 5.75 Å². The Hall–Kier alpha value is -2.01. The molecule has 2 aliphatic heterocycles. The van der Waals surface area contributed by atoms with Crippen LogP contribution in [0.1, 0.15) is 50.8 Å². The minimum absolute atomic E-state index is 0.0714. The molecule has 162 valence electrons. The molecule has 2 aliphatic rings. The molecule has 0 N–H and O–H groups in total. The van der Waals surface area contributed by atoms with Crippen LogP contribution in [0.4, 0.5) is 18.0 Å². The van der Waals surface area contributed by atoms with E-state index in [1.165, 1.54) is 12.1 Å². The van der Waals surface area contributed by atoms with Crippen molar-refractivity contribution in [1.29, 1.82) is 0 Å². The number of hydrogen-bond donors (Lipinski definition) is 0. The van der Waals surface area contributed by atoms with Crippen molar-refractivity contribution < 1.29 is 40.0 Å². The van der Waals surface area contributed by atoms with E-state index in [2.05, 4.69) is 4.18 Å². The molecule has 29 heavy (non-hydrogen) atoms. The number of benzene rings is 1. The fraction of sp³-hybridized carbons (Fsp3) is 0.611. The molecule has 0 radical (unpaired) electrons. The van der Waals surface area contributed by atoms with E-state index in [9.17, 15) is 26.4 Å². The predicted octanol–water partition coefficient (Wildman–Crippen LogP) is 3.89. The lowest BCUT2D eigenvalue weighted by Crippen LogP contribution is -2.49. The van der Waals surface area contributed by atoms with E-state index < -0.39 is 39.1 Å². The first-order valence-corrected chi connectivity index (χ1v) is 10.4. The van der Waals surface area contributed by atoms with Crippen LogP contribution in [0.25, 0.3) is 0 Å². The highest BCUT2D eigenvalue weighted by atomic mass is 32.2. The van der Waals surface area contributed by atoms with Gasteiger partial charge in [0, 0.05) is 6.54 Å². The first kappa shape index (κ1) is 21.7. The Morgan fingerprint density at radius 1 is 1.24 bits per heavy atom. The molecule has 0 bridgehead atoms. The van der Waals surface area contributed by atoms with Crippen LogP contribution in [0.15, 0.2) is 18.2 Å². The first-order chi connectivity index (χ1) is 13.3. The van der Waals surface area contributed by atoms with Gasteiger partial charge in [-0.15, -0.1) is 0 Å². The molecule has 0 unspecified atom stereocenters. The molecule has 0 aliphatic carbocycles. The van der Waals surface area contributed by atoms with Crippen molar-refractivity contribution in [3.05, 3.63) is 29.3 Å². The molecule has 1 saturated heterocycles. The lowest BCUT2D eigenvalue weighted by Gasteiger charge is -2.44. The Morgan fingerprint density at radius 3 is 2.55 bits per heavy atom. The quantitative estimate of drug-likeness (QED) is 0.516. The number of hydrogen-bond acceptors (Lipinski definition) is 6. The number of amides is 1. The Balaban J connectivity index is 1.90. The Morgan fingerprint density at radius 2 is 1.93 bits per heavy atom. The molecule has 2 heterocycles. The summed E-state index contributed by atoms with van der Waals surface area (Å²) in [6.45, 7) is 5.77. The van der Waals surface area contributed by atoms with Gasteiger partial charge in [0.1, 0.15) is 11.4 Å². The SMILES string of the molecule is CC(C)(C)OC(=O)N1CCC[C@@H]2OCc3cc(OS(=O)(=O)C(F)(F)F)ccc3[C@@H]21. The van der Waals surface area contributed by atoms with Crippen LogP contribution in [0, 0.1) is 0 Å². The van der Waals surface area contributed by atoms with Crippen molar-refractivity contribution in [1.82, 2.24) is 4.90 Å². The summed E-state index contributed by atoms with van der Waals surface area (Å²) in [6, 6.07) is 3.33. The zero-order valence-electron chi connectivity index (χ0n) is 16.2. The summed E-state index contributed by atoms with van der Waals surface area (Å²) in [5, 5.41) is 0. The van der Waals surface area contributed by atoms with E-state index in [4.69, 9.17) is 9.47 Å². The number of fused-ring (bicyclic) bond motifs is 3. The molecule has 1 fully saturated rings. The van der Waals surface area contributed by atoms with Crippen molar-refractivity contribution in [2.45, 2.75) is 63.5 Å². The number of halogens is 3.